The number of aliphatic hydroxyl groups excluding tert-OH is 1. The van der Waals surface area contributed by atoms with Crippen LogP contribution in [0.1, 0.15) is 39.8 Å². The van der Waals surface area contributed by atoms with Crippen LogP contribution in [0.5, 0.6) is 0 Å². The third kappa shape index (κ3) is 4.68. The second-order valence-corrected chi connectivity index (χ2v) is 9.06. The van der Waals surface area contributed by atoms with Gasteiger partial charge in [0.1, 0.15) is 42.8 Å². The number of esters is 2. The Morgan fingerprint density at radius 3 is 2.68 bits per heavy atom. The maximum Gasteiger partial charge on any atom is 0.323 e. The molecular weight excluding hydrogens is 444 g/mol. The molecule has 0 aliphatic carbocycles. The number of aliphatic hydroxyl groups is 1. The lowest BCUT2D eigenvalue weighted by Gasteiger charge is -2.25. The smallest absolute Gasteiger partial charge is 0.323 e. The fraction of sp³-hybridized carbons (Fsp3) is 0.591. The molecule has 2 aromatic heterocycles. The number of nitrogens with zero attached hydrogens (tertiary/aromatic N) is 4. The zero-order chi connectivity index (χ0) is 25.2. The van der Waals surface area contributed by atoms with Gasteiger partial charge in [0.15, 0.2) is 11.9 Å². The van der Waals surface area contributed by atoms with E-state index in [-0.39, 0.29) is 36.4 Å². The summed E-state index contributed by atoms with van der Waals surface area (Å²) >= 11 is 0. The predicted octanol–water partition coefficient (Wildman–Crippen LogP) is 0.274. The first kappa shape index (κ1) is 25.4. The van der Waals surface area contributed by atoms with Crippen molar-refractivity contribution in [2.45, 2.75) is 64.1 Å². The van der Waals surface area contributed by atoms with Gasteiger partial charge < -0.3 is 30.8 Å². The van der Waals surface area contributed by atoms with Crippen LogP contribution in [0.25, 0.3) is 5.52 Å². The molecule has 2 aromatic rings. The number of fused-ring (bicyclic) bond motifs is 1. The number of hydrogen-bond donors (Lipinski definition) is 3. The molecule has 0 saturated carbocycles. The highest BCUT2D eigenvalue weighted by Crippen LogP contribution is 2.42. The van der Waals surface area contributed by atoms with Crippen molar-refractivity contribution >= 4 is 23.3 Å². The van der Waals surface area contributed by atoms with Gasteiger partial charge in [0.25, 0.3) is 0 Å². The molecule has 1 saturated heterocycles. The van der Waals surface area contributed by atoms with Gasteiger partial charge in [-0.2, -0.15) is 10.4 Å². The molecule has 3 rings (SSSR count). The lowest BCUT2D eigenvalue weighted by Crippen LogP contribution is -2.46. The van der Waals surface area contributed by atoms with Crippen molar-refractivity contribution in [3.63, 3.8) is 0 Å². The summed E-state index contributed by atoms with van der Waals surface area (Å²) in [7, 11) is 0. The zero-order valence-electron chi connectivity index (χ0n) is 19.5. The van der Waals surface area contributed by atoms with Gasteiger partial charge in [-0.25, -0.2) is 9.50 Å². The summed E-state index contributed by atoms with van der Waals surface area (Å²) in [6.45, 7) is 6.87. The summed E-state index contributed by atoms with van der Waals surface area (Å²) in [6, 6.07) is 4.11. The third-order valence-electron chi connectivity index (χ3n) is 5.69. The molecule has 0 bridgehead atoms. The van der Waals surface area contributed by atoms with Crippen LogP contribution in [0.4, 0.5) is 5.82 Å². The number of aromatic nitrogens is 3. The molecule has 0 radical (unpaired) electrons. The highest BCUT2D eigenvalue weighted by Gasteiger charge is 2.60. The highest BCUT2D eigenvalue weighted by atomic mass is 16.6. The summed E-state index contributed by atoms with van der Waals surface area (Å²) < 4.78 is 18.1. The number of hydrogen-bond acceptors (Lipinski definition) is 11. The van der Waals surface area contributed by atoms with E-state index in [0.717, 1.165) is 0 Å². The fourth-order valence-electron chi connectivity index (χ4n) is 3.73. The van der Waals surface area contributed by atoms with Gasteiger partial charge in [-0.15, -0.1) is 0 Å². The number of ether oxygens (including phenoxy) is 3. The van der Waals surface area contributed by atoms with E-state index < -0.39 is 41.9 Å². The number of nitrogens with two attached hydrogens (primary N) is 2. The number of carbonyl (C=O) groups excluding carboxylic acids is 2. The van der Waals surface area contributed by atoms with E-state index in [4.69, 9.17) is 25.7 Å². The normalized spacial score (nSPS) is 25.4. The van der Waals surface area contributed by atoms with Crippen LogP contribution in [-0.4, -0.2) is 62.6 Å². The van der Waals surface area contributed by atoms with Crippen LogP contribution < -0.4 is 11.5 Å². The maximum atomic E-state index is 12.6. The SMILES string of the molecule is CC(C)CC(=O)OC[C@H]1O[C@@](C#N)(c2ccc3c(N)ncnn23)[C@H](O)[C@@H]1OC(=O)[C@@H](N)C(C)C. The van der Waals surface area contributed by atoms with Crippen molar-refractivity contribution in [1.29, 1.82) is 5.26 Å². The minimum atomic E-state index is -2.00. The average molecular weight is 475 g/mol. The van der Waals surface area contributed by atoms with Gasteiger partial charge in [-0.05, 0) is 24.0 Å². The van der Waals surface area contributed by atoms with Crippen LogP contribution in [-0.2, 0) is 29.4 Å². The summed E-state index contributed by atoms with van der Waals surface area (Å²) in [6.07, 6.45) is -2.76. The van der Waals surface area contributed by atoms with Crippen molar-refractivity contribution in [3.05, 3.63) is 24.2 Å². The molecule has 0 unspecified atom stereocenters. The molecule has 184 valence electrons. The lowest BCUT2D eigenvalue weighted by atomic mass is 9.92. The van der Waals surface area contributed by atoms with Crippen molar-refractivity contribution in [1.82, 2.24) is 14.6 Å². The minimum absolute atomic E-state index is 0.0654. The molecule has 1 fully saturated rings. The largest absolute Gasteiger partial charge is 0.463 e. The van der Waals surface area contributed by atoms with E-state index in [9.17, 15) is 20.0 Å². The van der Waals surface area contributed by atoms with Gasteiger partial charge in [-0.1, -0.05) is 27.7 Å². The molecule has 3 heterocycles. The highest BCUT2D eigenvalue weighted by molar-refractivity contribution is 5.76. The number of anilines is 1. The Balaban J connectivity index is 1.98. The molecular formula is C22H30N6O6. The fourth-order valence-corrected chi connectivity index (χ4v) is 3.73. The van der Waals surface area contributed by atoms with E-state index >= 15 is 0 Å². The first-order valence-corrected chi connectivity index (χ1v) is 11.0. The van der Waals surface area contributed by atoms with Gasteiger partial charge in [0.05, 0.1) is 5.69 Å². The molecule has 1 aliphatic rings. The summed E-state index contributed by atoms with van der Waals surface area (Å²) in [4.78, 5) is 28.6. The number of nitrogen functional groups attached to an aromatic ring is 1. The van der Waals surface area contributed by atoms with Crippen LogP contribution >= 0.6 is 0 Å². The van der Waals surface area contributed by atoms with E-state index in [1.54, 1.807) is 19.9 Å². The Labute approximate surface area is 196 Å². The average Bonchev–Trinajstić information content (AvgIpc) is 3.32. The Bertz CT molecular complexity index is 1100. The Hall–Kier alpha value is -3.27. The Kier molecular flexibility index (Phi) is 7.40. The van der Waals surface area contributed by atoms with Crippen molar-refractivity contribution in [2.24, 2.45) is 17.6 Å². The van der Waals surface area contributed by atoms with Crippen LogP contribution in [0.2, 0.25) is 0 Å². The van der Waals surface area contributed by atoms with Crippen LogP contribution in [0, 0.1) is 23.2 Å². The number of nitriles is 1. The van der Waals surface area contributed by atoms with Gasteiger partial charge in [0, 0.05) is 6.42 Å². The van der Waals surface area contributed by atoms with Crippen LogP contribution in [0.15, 0.2) is 18.5 Å². The molecule has 5 N–H and O–H groups in total. The third-order valence-corrected chi connectivity index (χ3v) is 5.69. The summed E-state index contributed by atoms with van der Waals surface area (Å²) in [5, 5.41) is 25.5. The van der Waals surface area contributed by atoms with Crippen molar-refractivity contribution < 1.29 is 28.9 Å². The lowest BCUT2D eigenvalue weighted by molar-refractivity contribution is -0.162. The topological polar surface area (TPSA) is 188 Å². The molecule has 5 atom stereocenters. The quantitative estimate of drug-likeness (QED) is 0.445. The molecule has 0 spiro atoms. The van der Waals surface area contributed by atoms with Gasteiger partial charge >= 0.3 is 11.9 Å². The van der Waals surface area contributed by atoms with E-state index in [0.29, 0.717) is 5.52 Å². The molecule has 0 aromatic carbocycles. The van der Waals surface area contributed by atoms with E-state index in [1.807, 2.05) is 19.9 Å². The molecule has 12 nitrogen and oxygen atoms in total. The first-order chi connectivity index (χ1) is 16.0. The van der Waals surface area contributed by atoms with Crippen molar-refractivity contribution in [3.8, 4) is 6.07 Å². The Morgan fingerprint density at radius 1 is 1.35 bits per heavy atom. The Morgan fingerprint density at radius 2 is 2.06 bits per heavy atom. The minimum Gasteiger partial charge on any atom is -0.463 e. The second kappa shape index (κ2) is 9.92. The molecule has 1 aliphatic heterocycles. The molecule has 12 heteroatoms. The standard InChI is InChI=1S/C22H30N6O6/c1-11(2)7-16(29)32-8-14-18(33-21(31)17(24)12(3)4)19(30)22(9-23,34-14)15-6-5-13-20(25)26-10-27-28(13)15/h5-6,10-12,14,17-19,30H,7-8,24H2,1-4H3,(H2,25,26,27)/t14-,17+,18-,19-,22+/m1/s1. The second-order valence-electron chi connectivity index (χ2n) is 9.06. The van der Waals surface area contributed by atoms with Crippen LogP contribution in [0.3, 0.4) is 0 Å². The van der Waals surface area contributed by atoms with E-state index in [2.05, 4.69) is 10.1 Å². The predicted molar refractivity (Wildman–Crippen MR) is 119 cm³/mol. The van der Waals surface area contributed by atoms with Crippen molar-refractivity contribution in [2.75, 3.05) is 12.3 Å². The van der Waals surface area contributed by atoms with Gasteiger partial charge in [0.2, 0.25) is 5.60 Å². The molecule has 34 heavy (non-hydrogen) atoms. The summed E-state index contributed by atoms with van der Waals surface area (Å²) in [5.74, 6) is -1.27. The van der Waals surface area contributed by atoms with Gasteiger partial charge in [-0.3, -0.25) is 9.59 Å². The number of carbonyl (C=O) groups is 2. The van der Waals surface area contributed by atoms with E-state index in [1.165, 1.54) is 16.9 Å². The summed E-state index contributed by atoms with van der Waals surface area (Å²) in [5.41, 5.74) is 10.3. The maximum absolute atomic E-state index is 12.6. The zero-order valence-corrected chi connectivity index (χ0v) is 19.5. The number of rotatable bonds is 8. The monoisotopic (exact) mass is 474 g/mol. The first-order valence-electron chi connectivity index (χ1n) is 11.0. The molecule has 0 amide bonds.